The molecule has 0 bridgehead atoms. The van der Waals surface area contributed by atoms with Crippen LogP contribution in [0, 0.1) is 0 Å². The van der Waals surface area contributed by atoms with E-state index >= 15 is 0 Å². The molecular formula is C66H60. The number of hydrogen-bond donors (Lipinski definition) is 0. The van der Waals surface area contributed by atoms with Crippen LogP contribution in [-0.4, -0.2) is 0 Å². The molecule has 66 heavy (non-hydrogen) atoms. The molecule has 324 valence electrons. The summed E-state index contributed by atoms with van der Waals surface area (Å²) in [6.45, 7) is 0. The van der Waals surface area contributed by atoms with E-state index in [1.807, 2.05) is 0 Å². The van der Waals surface area contributed by atoms with Crippen LogP contribution in [0.15, 0.2) is 194 Å². The van der Waals surface area contributed by atoms with Crippen molar-refractivity contribution in [3.63, 3.8) is 0 Å². The highest BCUT2D eigenvalue weighted by atomic mass is 14.2. The Morgan fingerprint density at radius 1 is 0.318 bits per heavy atom. The average Bonchev–Trinajstić information content (AvgIpc) is 3.40. The second kappa shape index (κ2) is 20.9. The van der Waals surface area contributed by atoms with Crippen molar-refractivity contribution in [2.24, 2.45) is 0 Å². The van der Waals surface area contributed by atoms with Crippen LogP contribution in [0.5, 0.6) is 0 Å². The molecule has 8 aromatic rings. The lowest BCUT2D eigenvalue weighted by molar-refractivity contribution is 0.443. The Morgan fingerprint density at radius 2 is 0.712 bits per heavy atom. The van der Waals surface area contributed by atoms with Crippen molar-refractivity contribution < 1.29 is 0 Å². The molecule has 0 heteroatoms. The van der Waals surface area contributed by atoms with Gasteiger partial charge in [0.25, 0.3) is 0 Å². The number of benzene rings is 8. The van der Waals surface area contributed by atoms with Crippen molar-refractivity contribution in [3.8, 4) is 0 Å². The van der Waals surface area contributed by atoms with Gasteiger partial charge in [-0.1, -0.05) is 245 Å². The Morgan fingerprint density at radius 3 is 1.20 bits per heavy atom. The van der Waals surface area contributed by atoms with Gasteiger partial charge in [-0.25, -0.2) is 0 Å². The van der Waals surface area contributed by atoms with Crippen LogP contribution in [0.4, 0.5) is 0 Å². The topological polar surface area (TPSA) is 0 Å². The second-order valence-corrected chi connectivity index (χ2v) is 18.6. The predicted molar refractivity (Wildman–Crippen MR) is 286 cm³/mol. The van der Waals surface area contributed by atoms with Crippen molar-refractivity contribution in [2.75, 3.05) is 0 Å². The summed E-state index contributed by atoms with van der Waals surface area (Å²) in [5.74, 6) is 1.42. The first-order valence-corrected chi connectivity index (χ1v) is 24.5. The van der Waals surface area contributed by atoms with Crippen LogP contribution in [0.2, 0.25) is 0 Å². The highest BCUT2D eigenvalue weighted by Crippen LogP contribution is 2.36. The summed E-state index contributed by atoms with van der Waals surface area (Å²) in [5, 5.41) is 2.49. The van der Waals surface area contributed by atoms with E-state index in [-0.39, 0.29) is 0 Å². The van der Waals surface area contributed by atoms with Crippen LogP contribution in [0.25, 0.3) is 58.4 Å². The van der Waals surface area contributed by atoms with Crippen LogP contribution in [0.1, 0.15) is 143 Å². The quantitative estimate of drug-likeness (QED) is 0.107. The maximum Gasteiger partial charge on any atom is -0.0105 e. The number of fused-ring (bicyclic) bond motifs is 1. The van der Waals surface area contributed by atoms with Gasteiger partial charge in [-0.2, -0.15) is 0 Å². The Hall–Kier alpha value is -7.02. The van der Waals surface area contributed by atoms with E-state index < -0.39 is 0 Å². The van der Waals surface area contributed by atoms with E-state index in [0.717, 1.165) is 0 Å². The third-order valence-electron chi connectivity index (χ3n) is 14.1. The van der Waals surface area contributed by atoms with Gasteiger partial charge in [-0.15, -0.1) is 0 Å². The predicted octanol–water partition coefficient (Wildman–Crippen LogP) is 18.5. The van der Waals surface area contributed by atoms with Gasteiger partial charge in [0.15, 0.2) is 0 Å². The Bertz CT molecular complexity index is 2950. The zero-order valence-electron chi connectivity index (χ0n) is 38.2. The maximum atomic E-state index is 2.37. The summed E-state index contributed by atoms with van der Waals surface area (Å²) in [4.78, 5) is 0. The molecule has 2 fully saturated rings. The monoisotopic (exact) mass is 852 g/mol. The molecule has 2 saturated carbocycles. The van der Waals surface area contributed by atoms with E-state index in [2.05, 4.69) is 231 Å². The lowest BCUT2D eigenvalue weighted by Crippen LogP contribution is -2.04. The molecule has 8 aromatic carbocycles. The molecule has 0 saturated heterocycles. The lowest BCUT2D eigenvalue weighted by Gasteiger charge is -2.22. The minimum Gasteiger partial charge on any atom is -0.0622 e. The van der Waals surface area contributed by atoms with Gasteiger partial charge in [-0.3, -0.25) is 0 Å². The molecule has 0 unspecified atom stereocenters. The lowest BCUT2D eigenvalue weighted by atomic mass is 9.83. The molecule has 2 aliphatic rings. The molecule has 0 radical (unpaired) electrons. The van der Waals surface area contributed by atoms with Crippen molar-refractivity contribution >= 4 is 58.4 Å². The van der Waals surface area contributed by atoms with Gasteiger partial charge in [0, 0.05) is 0 Å². The number of hydrogen-bond acceptors (Lipinski definition) is 0. The van der Waals surface area contributed by atoms with E-state index in [1.165, 1.54) is 153 Å². The largest absolute Gasteiger partial charge is 0.0622 e. The Labute approximate surface area is 393 Å². The first kappa shape index (κ1) is 42.9. The smallest absolute Gasteiger partial charge is 0.0105 e. The minimum atomic E-state index is 0.709. The first-order valence-electron chi connectivity index (χ1n) is 24.5. The Balaban J connectivity index is 0.861. The molecule has 0 heterocycles. The summed E-state index contributed by atoms with van der Waals surface area (Å²) >= 11 is 0. The van der Waals surface area contributed by atoms with E-state index in [0.29, 0.717) is 11.8 Å². The van der Waals surface area contributed by atoms with Crippen molar-refractivity contribution in [1.29, 1.82) is 0 Å². The van der Waals surface area contributed by atoms with Crippen molar-refractivity contribution in [2.45, 2.75) is 76.0 Å². The van der Waals surface area contributed by atoms with Gasteiger partial charge in [0.2, 0.25) is 0 Å². The molecule has 0 nitrogen and oxygen atoms in total. The molecular weight excluding hydrogens is 793 g/mol. The molecule has 2 aliphatic carbocycles. The zero-order valence-corrected chi connectivity index (χ0v) is 38.2. The summed E-state index contributed by atoms with van der Waals surface area (Å²) in [5.41, 5.74) is 17.6. The van der Waals surface area contributed by atoms with Crippen LogP contribution in [-0.2, 0) is 0 Å². The van der Waals surface area contributed by atoms with Crippen molar-refractivity contribution in [1.82, 2.24) is 0 Å². The second-order valence-electron chi connectivity index (χ2n) is 18.6. The molecule has 10 rings (SSSR count). The molecule has 0 spiro atoms. The van der Waals surface area contributed by atoms with E-state index in [1.54, 1.807) is 0 Å². The van der Waals surface area contributed by atoms with Crippen LogP contribution < -0.4 is 0 Å². The van der Waals surface area contributed by atoms with Gasteiger partial charge in [0.1, 0.15) is 0 Å². The number of rotatable bonds is 12. The minimum absolute atomic E-state index is 0.709. The molecule has 0 aromatic heterocycles. The fourth-order valence-electron chi connectivity index (χ4n) is 10.4. The maximum absolute atomic E-state index is 2.37. The molecule has 0 N–H and O–H groups in total. The van der Waals surface area contributed by atoms with Gasteiger partial charge < -0.3 is 0 Å². The first-order chi connectivity index (χ1) is 32.7. The zero-order chi connectivity index (χ0) is 44.3. The molecule has 0 amide bonds. The highest BCUT2D eigenvalue weighted by molar-refractivity contribution is 5.96. The van der Waals surface area contributed by atoms with Crippen molar-refractivity contribution in [3.05, 3.63) is 261 Å². The normalized spacial score (nSPS) is 15.5. The summed E-state index contributed by atoms with van der Waals surface area (Å²) < 4.78 is 0. The van der Waals surface area contributed by atoms with E-state index in [9.17, 15) is 0 Å². The average molecular weight is 853 g/mol. The summed E-state index contributed by atoms with van der Waals surface area (Å²) in [6.07, 6.45) is 27.1. The van der Waals surface area contributed by atoms with Crippen LogP contribution in [0.3, 0.4) is 0 Å². The Kier molecular flexibility index (Phi) is 13.6. The van der Waals surface area contributed by atoms with Gasteiger partial charge >= 0.3 is 0 Å². The third kappa shape index (κ3) is 10.6. The van der Waals surface area contributed by atoms with Crippen LogP contribution >= 0.6 is 0 Å². The van der Waals surface area contributed by atoms with Gasteiger partial charge in [0.05, 0.1) is 0 Å². The fourth-order valence-corrected chi connectivity index (χ4v) is 10.4. The van der Waals surface area contributed by atoms with Gasteiger partial charge in [-0.05, 0) is 150 Å². The summed E-state index contributed by atoms with van der Waals surface area (Å²) in [6, 6.07) is 71.7. The molecule has 0 atom stereocenters. The third-order valence-corrected chi connectivity index (χ3v) is 14.1. The van der Waals surface area contributed by atoms with E-state index in [4.69, 9.17) is 0 Å². The summed E-state index contributed by atoms with van der Waals surface area (Å²) in [7, 11) is 0. The fraction of sp³-hybridized carbons (Fsp3) is 0.182. The standard InChI is InChI=1S/C66H60/c1-5-15-54(16-6-1)56-37-41-60(42-38-56)65(58-19-9-3-10-20-58)47-51-30-25-49(26-31-51)29-34-53-45-62-23-13-14-24-64(62)63(46-53)36-35-50-27-32-52(33-28-50)48-66(59-21-11-4-12-22-59)61-43-39-57(40-44-61)55-17-7-2-8-18-55/h3-4,9-14,19-48,54-55H,1-2,5-8,15-18H2/b34-29+,36-35+,65-47+,66-48+. The molecule has 0 aliphatic heterocycles. The highest BCUT2D eigenvalue weighted by Gasteiger charge is 2.17. The SMILES string of the molecule is C(=C\c1cc(/C=C/c2ccc(/C=C(\c3ccccc3)c3ccc(C4CCCCC4)cc3)cc2)c2ccccc2c1)/c1ccc(/C=C(\c2ccccc2)c2ccc(C3CCCCC3)cc2)cc1.